The molecule has 0 heterocycles. The Bertz CT molecular complexity index is 539. The summed E-state index contributed by atoms with van der Waals surface area (Å²) < 4.78 is 6.05. The third-order valence-corrected chi connectivity index (χ3v) is 2.65. The van der Waals surface area contributed by atoms with Crippen LogP contribution in [0.4, 0.5) is 10.5 Å². The molecule has 5 heteroatoms. The Kier molecular flexibility index (Phi) is 5.90. The normalized spacial score (nSPS) is 10.4. The Hall–Kier alpha value is -1.67. The van der Waals surface area contributed by atoms with Crippen LogP contribution in [0.2, 0.25) is 0 Å². The molecule has 0 bridgehead atoms. The Morgan fingerprint density at radius 1 is 1.45 bits per heavy atom. The Labute approximate surface area is 128 Å². The van der Waals surface area contributed by atoms with Gasteiger partial charge in [0.25, 0.3) is 0 Å². The highest BCUT2D eigenvalue weighted by Gasteiger charge is 2.15. The van der Waals surface area contributed by atoms with Crippen LogP contribution in [0.3, 0.4) is 0 Å². The number of nitrogen functional groups attached to an aromatic ring is 1. The minimum atomic E-state index is -0.486. The average molecular weight is 339 g/mol. The molecule has 0 fully saturated rings. The Morgan fingerprint density at radius 3 is 2.80 bits per heavy atom. The second-order valence-electron chi connectivity index (χ2n) is 5.21. The number of benzene rings is 1. The van der Waals surface area contributed by atoms with Crippen LogP contribution in [0, 0.1) is 11.8 Å². The SMILES string of the molecule is CC(C)(C)OC(=O)NCCC#Cc1cc(Br)ccc1N. The molecule has 0 spiro atoms. The maximum Gasteiger partial charge on any atom is 0.407 e. The van der Waals surface area contributed by atoms with E-state index < -0.39 is 11.7 Å². The van der Waals surface area contributed by atoms with Gasteiger partial charge in [0.1, 0.15) is 5.60 Å². The van der Waals surface area contributed by atoms with Gasteiger partial charge in [-0.05, 0) is 39.0 Å². The number of carbonyl (C=O) groups excluding carboxylic acids is 1. The highest BCUT2D eigenvalue weighted by atomic mass is 79.9. The van der Waals surface area contributed by atoms with Gasteiger partial charge >= 0.3 is 6.09 Å². The van der Waals surface area contributed by atoms with Crippen LogP contribution < -0.4 is 11.1 Å². The number of halogens is 1. The number of nitrogens with one attached hydrogen (secondary N) is 1. The van der Waals surface area contributed by atoms with Gasteiger partial charge < -0.3 is 15.8 Å². The fourth-order valence-corrected chi connectivity index (χ4v) is 1.70. The van der Waals surface area contributed by atoms with Crippen molar-refractivity contribution in [3.05, 3.63) is 28.2 Å². The molecule has 0 aliphatic heterocycles. The summed E-state index contributed by atoms with van der Waals surface area (Å²) in [6.07, 6.45) is 0.104. The minimum absolute atomic E-state index is 0.429. The van der Waals surface area contributed by atoms with E-state index >= 15 is 0 Å². The lowest BCUT2D eigenvalue weighted by Gasteiger charge is -2.19. The molecule has 108 valence electrons. The molecule has 3 N–H and O–H groups in total. The lowest BCUT2D eigenvalue weighted by atomic mass is 10.2. The van der Waals surface area contributed by atoms with Crippen molar-refractivity contribution in [1.29, 1.82) is 0 Å². The number of amides is 1. The van der Waals surface area contributed by atoms with E-state index in [1.54, 1.807) is 6.07 Å². The predicted molar refractivity (Wildman–Crippen MR) is 84.3 cm³/mol. The van der Waals surface area contributed by atoms with Gasteiger partial charge in [-0.1, -0.05) is 27.8 Å². The van der Waals surface area contributed by atoms with Crippen LogP contribution in [0.1, 0.15) is 32.8 Å². The summed E-state index contributed by atoms with van der Waals surface area (Å²) >= 11 is 3.37. The van der Waals surface area contributed by atoms with E-state index in [4.69, 9.17) is 10.5 Å². The van der Waals surface area contributed by atoms with Gasteiger partial charge in [0.2, 0.25) is 0 Å². The van der Waals surface area contributed by atoms with Gasteiger partial charge in [-0.3, -0.25) is 0 Å². The van der Waals surface area contributed by atoms with Crippen LogP contribution in [0.15, 0.2) is 22.7 Å². The van der Waals surface area contributed by atoms with E-state index in [-0.39, 0.29) is 0 Å². The molecule has 0 atom stereocenters. The molecule has 1 aromatic rings. The van der Waals surface area contributed by atoms with E-state index in [1.165, 1.54) is 0 Å². The molecule has 0 aliphatic rings. The van der Waals surface area contributed by atoms with Crippen LogP contribution in [0.25, 0.3) is 0 Å². The fraction of sp³-hybridized carbons (Fsp3) is 0.400. The van der Waals surface area contributed by atoms with E-state index in [0.717, 1.165) is 10.0 Å². The van der Waals surface area contributed by atoms with Crippen LogP contribution >= 0.6 is 15.9 Å². The summed E-state index contributed by atoms with van der Waals surface area (Å²) in [5.41, 5.74) is 6.74. The summed E-state index contributed by atoms with van der Waals surface area (Å²) in [4.78, 5) is 11.4. The van der Waals surface area contributed by atoms with Crippen molar-refractivity contribution in [2.75, 3.05) is 12.3 Å². The molecule has 20 heavy (non-hydrogen) atoms. The first-order chi connectivity index (χ1) is 9.28. The number of ether oxygens (including phenoxy) is 1. The first kappa shape index (κ1) is 16.4. The molecule has 4 nitrogen and oxygen atoms in total. The van der Waals surface area contributed by atoms with Crippen molar-refractivity contribution in [2.45, 2.75) is 32.8 Å². The highest BCUT2D eigenvalue weighted by molar-refractivity contribution is 9.10. The molecular weight excluding hydrogens is 320 g/mol. The molecule has 0 saturated carbocycles. The van der Waals surface area contributed by atoms with Gasteiger partial charge in [0.05, 0.1) is 0 Å². The van der Waals surface area contributed by atoms with Crippen molar-refractivity contribution in [3.63, 3.8) is 0 Å². The van der Waals surface area contributed by atoms with Gasteiger partial charge in [-0.25, -0.2) is 4.79 Å². The average Bonchev–Trinajstić information content (AvgIpc) is 2.30. The van der Waals surface area contributed by atoms with Crippen molar-refractivity contribution >= 4 is 27.7 Å². The molecule has 0 aromatic heterocycles. The smallest absolute Gasteiger partial charge is 0.407 e. The third-order valence-electron chi connectivity index (χ3n) is 2.16. The summed E-state index contributed by atoms with van der Waals surface area (Å²) in [5.74, 6) is 5.95. The lowest BCUT2D eigenvalue weighted by Crippen LogP contribution is -2.32. The number of anilines is 1. The van der Waals surface area contributed by atoms with E-state index in [2.05, 4.69) is 33.1 Å². The zero-order valence-corrected chi connectivity index (χ0v) is 13.5. The van der Waals surface area contributed by atoms with Crippen LogP contribution in [-0.4, -0.2) is 18.2 Å². The van der Waals surface area contributed by atoms with Crippen molar-refractivity contribution in [1.82, 2.24) is 5.32 Å². The third kappa shape index (κ3) is 6.48. The topological polar surface area (TPSA) is 64.3 Å². The largest absolute Gasteiger partial charge is 0.444 e. The molecule has 1 amide bonds. The number of nitrogens with two attached hydrogens (primary N) is 1. The second-order valence-corrected chi connectivity index (χ2v) is 6.13. The summed E-state index contributed by atoms with van der Waals surface area (Å²) in [6, 6.07) is 5.53. The van der Waals surface area contributed by atoms with E-state index in [1.807, 2.05) is 32.9 Å². The summed E-state index contributed by atoms with van der Waals surface area (Å²) in [6.45, 7) is 5.91. The number of hydrogen-bond acceptors (Lipinski definition) is 3. The lowest BCUT2D eigenvalue weighted by molar-refractivity contribution is 0.0529. The second kappa shape index (κ2) is 7.20. The summed E-state index contributed by atoms with van der Waals surface area (Å²) in [5, 5.41) is 2.65. The maximum absolute atomic E-state index is 11.4. The molecule has 0 saturated heterocycles. The van der Waals surface area contributed by atoms with Gasteiger partial charge in [0.15, 0.2) is 0 Å². The molecule has 0 radical (unpaired) electrons. The molecular formula is C15H19BrN2O2. The zero-order chi connectivity index (χ0) is 15.2. The Balaban J connectivity index is 2.40. The van der Waals surface area contributed by atoms with Crippen molar-refractivity contribution in [2.24, 2.45) is 0 Å². The zero-order valence-electron chi connectivity index (χ0n) is 11.9. The quantitative estimate of drug-likeness (QED) is 0.494. The maximum atomic E-state index is 11.4. The fourth-order valence-electron chi connectivity index (χ4n) is 1.34. The molecule has 0 aliphatic carbocycles. The monoisotopic (exact) mass is 338 g/mol. The number of rotatable bonds is 2. The van der Waals surface area contributed by atoms with E-state index in [0.29, 0.717) is 18.7 Å². The van der Waals surface area contributed by atoms with Crippen molar-refractivity contribution < 1.29 is 9.53 Å². The number of hydrogen-bond donors (Lipinski definition) is 2. The van der Waals surface area contributed by atoms with Gasteiger partial charge in [0, 0.05) is 28.7 Å². The first-order valence-electron chi connectivity index (χ1n) is 6.29. The first-order valence-corrected chi connectivity index (χ1v) is 7.08. The highest BCUT2D eigenvalue weighted by Crippen LogP contribution is 2.17. The standard InChI is InChI=1S/C15H19BrN2O2/c1-15(2,3)20-14(19)18-9-5-4-6-11-10-12(16)7-8-13(11)17/h7-8,10H,5,9,17H2,1-3H3,(H,18,19). The van der Waals surface area contributed by atoms with E-state index in [9.17, 15) is 4.79 Å². The predicted octanol–water partition coefficient (Wildman–Crippen LogP) is 3.30. The number of alkyl carbamates (subject to hydrolysis) is 1. The minimum Gasteiger partial charge on any atom is -0.444 e. The molecule has 1 rings (SSSR count). The Morgan fingerprint density at radius 2 is 2.15 bits per heavy atom. The summed E-state index contributed by atoms with van der Waals surface area (Å²) in [7, 11) is 0. The van der Waals surface area contributed by atoms with Crippen LogP contribution in [0.5, 0.6) is 0 Å². The van der Waals surface area contributed by atoms with Gasteiger partial charge in [-0.2, -0.15) is 0 Å². The molecule has 1 aromatic carbocycles. The van der Waals surface area contributed by atoms with Crippen molar-refractivity contribution in [3.8, 4) is 11.8 Å². The molecule has 0 unspecified atom stereocenters. The van der Waals surface area contributed by atoms with Gasteiger partial charge in [-0.15, -0.1) is 0 Å². The number of carbonyl (C=O) groups is 1. The van der Waals surface area contributed by atoms with Crippen LogP contribution in [-0.2, 0) is 4.74 Å².